The largest absolute Gasteiger partial charge is 0.334 e. The number of aryl methyl sites for hydroxylation is 1. The van der Waals surface area contributed by atoms with Crippen LogP contribution in [-0.2, 0) is 11.8 Å². The minimum absolute atomic E-state index is 0.00216. The summed E-state index contributed by atoms with van der Waals surface area (Å²) in [5, 5.41) is 7.81. The van der Waals surface area contributed by atoms with Crippen LogP contribution in [-0.4, -0.2) is 63.1 Å². The topological polar surface area (TPSA) is 82.3 Å². The van der Waals surface area contributed by atoms with Crippen LogP contribution in [0.5, 0.6) is 0 Å². The summed E-state index contributed by atoms with van der Waals surface area (Å²) in [6.07, 6.45) is 8.60. The molecule has 7 nitrogen and oxygen atoms in total. The molecule has 1 fully saturated rings. The molecule has 1 aromatic heterocycles. The zero-order valence-corrected chi connectivity index (χ0v) is 13.7. The van der Waals surface area contributed by atoms with Gasteiger partial charge in [-0.1, -0.05) is 19.4 Å². The Morgan fingerprint density at radius 3 is 2.48 bits per heavy atom. The van der Waals surface area contributed by atoms with Crippen LogP contribution in [0.4, 0.5) is 0 Å². The van der Waals surface area contributed by atoms with E-state index in [9.17, 15) is 9.59 Å². The fourth-order valence-corrected chi connectivity index (χ4v) is 2.44. The lowest BCUT2D eigenvalue weighted by Crippen LogP contribution is -2.52. The van der Waals surface area contributed by atoms with E-state index < -0.39 is 0 Å². The average molecular weight is 317 g/mol. The summed E-state index contributed by atoms with van der Waals surface area (Å²) in [6, 6.07) is 0. The van der Waals surface area contributed by atoms with Crippen molar-refractivity contribution < 1.29 is 9.59 Å². The lowest BCUT2D eigenvalue weighted by Gasteiger charge is -2.34. The van der Waals surface area contributed by atoms with E-state index in [4.69, 9.17) is 5.41 Å². The van der Waals surface area contributed by atoms with Gasteiger partial charge in [-0.25, -0.2) is 4.98 Å². The van der Waals surface area contributed by atoms with Crippen LogP contribution in [0, 0.1) is 5.41 Å². The number of aromatic nitrogens is 2. The Balaban J connectivity index is 1.88. The molecule has 0 radical (unpaired) electrons. The van der Waals surface area contributed by atoms with Crippen molar-refractivity contribution in [1.82, 2.24) is 19.4 Å². The van der Waals surface area contributed by atoms with E-state index in [0.29, 0.717) is 32.0 Å². The quantitative estimate of drug-likeness (QED) is 0.825. The Morgan fingerprint density at radius 2 is 1.91 bits per heavy atom. The van der Waals surface area contributed by atoms with Crippen molar-refractivity contribution in [2.45, 2.75) is 19.8 Å². The first-order valence-corrected chi connectivity index (χ1v) is 7.85. The fourth-order valence-electron chi connectivity index (χ4n) is 2.44. The van der Waals surface area contributed by atoms with E-state index >= 15 is 0 Å². The lowest BCUT2D eigenvalue weighted by atomic mass is 10.2. The lowest BCUT2D eigenvalue weighted by molar-refractivity contribution is -0.125. The molecule has 124 valence electrons. The highest BCUT2D eigenvalue weighted by Gasteiger charge is 2.27. The van der Waals surface area contributed by atoms with Crippen molar-refractivity contribution in [3.8, 4) is 0 Å². The SMILES string of the molecule is CCCC=CC(=N)C(=O)N1CCN(C(=O)c2nccn2C)CC1. The number of nitrogens with one attached hydrogen (secondary N) is 1. The molecule has 1 aliphatic heterocycles. The third-order valence-corrected chi connectivity index (χ3v) is 3.84. The Labute approximate surface area is 136 Å². The molecule has 1 aliphatic rings. The number of hydrogen-bond donors (Lipinski definition) is 1. The molecule has 0 bridgehead atoms. The minimum Gasteiger partial charge on any atom is -0.334 e. The molecule has 1 N–H and O–H groups in total. The molecule has 1 aromatic rings. The van der Waals surface area contributed by atoms with Crippen LogP contribution < -0.4 is 0 Å². The molecule has 2 amide bonds. The van der Waals surface area contributed by atoms with Gasteiger partial charge in [0.05, 0.1) is 0 Å². The molecule has 2 heterocycles. The molecule has 0 atom stereocenters. The van der Waals surface area contributed by atoms with Gasteiger partial charge in [0.15, 0.2) is 5.82 Å². The summed E-state index contributed by atoms with van der Waals surface area (Å²) in [5.74, 6) is 0.00368. The van der Waals surface area contributed by atoms with Crippen LogP contribution in [0.3, 0.4) is 0 Å². The van der Waals surface area contributed by atoms with Crippen LogP contribution in [0.1, 0.15) is 30.4 Å². The van der Waals surface area contributed by atoms with E-state index in [1.807, 2.05) is 13.0 Å². The molecule has 2 rings (SSSR count). The van der Waals surface area contributed by atoms with Crippen LogP contribution in [0.25, 0.3) is 0 Å². The number of imidazole rings is 1. The van der Waals surface area contributed by atoms with Crippen molar-refractivity contribution in [1.29, 1.82) is 5.41 Å². The standard InChI is InChI=1S/C16H23N5O2/c1-3-4-5-6-13(17)15(22)20-9-11-21(12-10-20)16(23)14-18-7-8-19(14)2/h5-8,17H,3-4,9-12H2,1-2H3. The van der Waals surface area contributed by atoms with Crippen LogP contribution in [0.15, 0.2) is 24.5 Å². The van der Waals surface area contributed by atoms with E-state index in [1.165, 1.54) is 0 Å². The normalized spacial score (nSPS) is 15.2. The number of amides is 2. The Kier molecular flexibility index (Phi) is 5.67. The summed E-state index contributed by atoms with van der Waals surface area (Å²) in [4.78, 5) is 31.9. The van der Waals surface area contributed by atoms with Gasteiger partial charge in [-0.05, 0) is 12.5 Å². The summed E-state index contributed by atoms with van der Waals surface area (Å²) in [6.45, 7) is 3.86. The van der Waals surface area contributed by atoms with Gasteiger partial charge in [0, 0.05) is 45.6 Å². The number of carbonyl (C=O) groups excluding carboxylic acids is 2. The van der Waals surface area contributed by atoms with Gasteiger partial charge < -0.3 is 14.4 Å². The van der Waals surface area contributed by atoms with Crippen LogP contribution >= 0.6 is 0 Å². The maximum atomic E-state index is 12.4. The molecule has 1 saturated heterocycles. The van der Waals surface area contributed by atoms with E-state index in [1.54, 1.807) is 39.9 Å². The molecule has 0 saturated carbocycles. The third-order valence-electron chi connectivity index (χ3n) is 3.84. The number of allylic oxidation sites excluding steroid dienone is 1. The van der Waals surface area contributed by atoms with Gasteiger partial charge in [0.2, 0.25) is 0 Å². The Hall–Kier alpha value is -2.44. The smallest absolute Gasteiger partial charge is 0.289 e. The number of hydrogen-bond acceptors (Lipinski definition) is 4. The highest BCUT2D eigenvalue weighted by molar-refractivity contribution is 6.41. The second kappa shape index (κ2) is 7.71. The second-order valence-corrected chi connectivity index (χ2v) is 5.55. The van der Waals surface area contributed by atoms with E-state index in [-0.39, 0.29) is 17.5 Å². The molecule has 0 aliphatic carbocycles. The molecule has 0 unspecified atom stereocenters. The first kappa shape index (κ1) is 16.9. The van der Waals surface area contributed by atoms with Gasteiger partial charge in [-0.2, -0.15) is 0 Å². The predicted molar refractivity (Wildman–Crippen MR) is 87.5 cm³/mol. The van der Waals surface area contributed by atoms with Crippen molar-refractivity contribution in [3.05, 3.63) is 30.4 Å². The maximum Gasteiger partial charge on any atom is 0.289 e. The fraction of sp³-hybridized carbons (Fsp3) is 0.500. The minimum atomic E-state index is -0.276. The van der Waals surface area contributed by atoms with Crippen molar-refractivity contribution in [2.75, 3.05) is 26.2 Å². The van der Waals surface area contributed by atoms with Crippen molar-refractivity contribution in [3.63, 3.8) is 0 Å². The van der Waals surface area contributed by atoms with E-state index in [0.717, 1.165) is 12.8 Å². The number of nitrogens with zero attached hydrogens (tertiary/aromatic N) is 4. The predicted octanol–water partition coefficient (Wildman–Crippen LogP) is 1.08. The monoisotopic (exact) mass is 317 g/mol. The van der Waals surface area contributed by atoms with Gasteiger partial charge in [0.1, 0.15) is 5.71 Å². The molecule has 23 heavy (non-hydrogen) atoms. The molecule has 0 spiro atoms. The van der Waals surface area contributed by atoms with Gasteiger partial charge in [-0.3, -0.25) is 15.0 Å². The highest BCUT2D eigenvalue weighted by Crippen LogP contribution is 2.08. The number of carbonyl (C=O) groups is 2. The van der Waals surface area contributed by atoms with Gasteiger partial charge in [-0.15, -0.1) is 0 Å². The first-order chi connectivity index (χ1) is 11.0. The molecule has 7 heteroatoms. The first-order valence-electron chi connectivity index (χ1n) is 7.85. The Bertz CT molecular complexity index is 612. The van der Waals surface area contributed by atoms with Gasteiger partial charge in [0.25, 0.3) is 11.8 Å². The number of unbranched alkanes of at least 4 members (excludes halogenated alkanes) is 1. The van der Waals surface area contributed by atoms with Gasteiger partial charge >= 0.3 is 0 Å². The van der Waals surface area contributed by atoms with Crippen molar-refractivity contribution in [2.24, 2.45) is 7.05 Å². The summed E-state index contributed by atoms with van der Waals surface area (Å²) in [5.41, 5.74) is 0.00216. The second-order valence-electron chi connectivity index (χ2n) is 5.55. The summed E-state index contributed by atoms with van der Waals surface area (Å²) >= 11 is 0. The zero-order chi connectivity index (χ0) is 16.8. The van der Waals surface area contributed by atoms with E-state index in [2.05, 4.69) is 4.98 Å². The zero-order valence-electron chi connectivity index (χ0n) is 13.7. The third kappa shape index (κ3) is 4.06. The summed E-state index contributed by atoms with van der Waals surface area (Å²) < 4.78 is 1.69. The van der Waals surface area contributed by atoms with Crippen molar-refractivity contribution >= 4 is 17.5 Å². The summed E-state index contributed by atoms with van der Waals surface area (Å²) in [7, 11) is 1.78. The van der Waals surface area contributed by atoms with Crippen LogP contribution in [0.2, 0.25) is 0 Å². The number of rotatable bonds is 5. The molecule has 0 aromatic carbocycles. The number of piperazine rings is 1. The highest BCUT2D eigenvalue weighted by atomic mass is 16.2. The molecular weight excluding hydrogens is 294 g/mol. The molecular formula is C16H23N5O2. The Morgan fingerprint density at radius 1 is 1.26 bits per heavy atom. The maximum absolute atomic E-state index is 12.4. The average Bonchev–Trinajstić information content (AvgIpc) is 3.00.